The zero-order valence-electron chi connectivity index (χ0n) is 13.8. The Morgan fingerprint density at radius 2 is 1.88 bits per heavy atom. The van der Waals surface area contributed by atoms with Crippen LogP contribution in [0.2, 0.25) is 0 Å². The van der Waals surface area contributed by atoms with Crippen molar-refractivity contribution >= 4 is 22.8 Å². The van der Waals surface area contributed by atoms with Gasteiger partial charge in [0.25, 0.3) is 0 Å². The number of rotatable bonds is 4. The highest BCUT2D eigenvalue weighted by Crippen LogP contribution is 2.37. The van der Waals surface area contributed by atoms with Gasteiger partial charge >= 0.3 is 6.55 Å². The van der Waals surface area contributed by atoms with Crippen molar-refractivity contribution < 1.29 is 13.3 Å². The van der Waals surface area contributed by atoms with Gasteiger partial charge in [0.15, 0.2) is 11.0 Å². The molecule has 0 bridgehead atoms. The quantitative estimate of drug-likeness (QED) is 0.621. The third-order valence-corrected chi connectivity index (χ3v) is 4.56. The lowest BCUT2D eigenvalue weighted by Crippen LogP contribution is -2.13. The first-order valence-corrected chi connectivity index (χ1v) is 8.41. The third-order valence-electron chi connectivity index (χ3n) is 3.50. The molecule has 0 amide bonds. The molecule has 128 valence electrons. The fourth-order valence-corrected chi connectivity index (χ4v) is 3.16. The smallest absolute Gasteiger partial charge is 0.321 e. The third kappa shape index (κ3) is 3.15. The van der Waals surface area contributed by atoms with E-state index in [0.29, 0.717) is 22.7 Å². The number of imidazole rings is 1. The fourth-order valence-electron chi connectivity index (χ4n) is 2.21. The van der Waals surface area contributed by atoms with Crippen molar-refractivity contribution in [3.05, 3.63) is 36.0 Å². The maximum Gasteiger partial charge on any atom is 0.321 e. The van der Waals surface area contributed by atoms with E-state index in [2.05, 4.69) is 15.1 Å². The number of para-hydroxylation sites is 2. The number of fused-ring (bicyclic) bond motifs is 1. The summed E-state index contributed by atoms with van der Waals surface area (Å²) in [4.78, 5) is 8.69. The van der Waals surface area contributed by atoms with E-state index in [4.69, 9.17) is 4.52 Å². The maximum absolute atomic E-state index is 13.5. The zero-order chi connectivity index (χ0) is 17.5. The lowest BCUT2D eigenvalue weighted by molar-refractivity contribution is 0.0656. The van der Waals surface area contributed by atoms with Crippen molar-refractivity contribution in [3.8, 4) is 0 Å². The van der Waals surface area contributed by atoms with Crippen LogP contribution < -0.4 is 0 Å². The Hall–Kier alpha value is -1.96. The maximum atomic E-state index is 13.5. The van der Waals surface area contributed by atoms with Crippen LogP contribution in [0.3, 0.4) is 0 Å². The minimum absolute atomic E-state index is 0.231. The summed E-state index contributed by atoms with van der Waals surface area (Å²) >= 11 is 1.18. The van der Waals surface area contributed by atoms with Gasteiger partial charge in [0.1, 0.15) is 0 Å². The minimum Gasteiger partial charge on any atom is -0.338 e. The van der Waals surface area contributed by atoms with Crippen LogP contribution in [0.1, 0.15) is 51.2 Å². The molecule has 8 heteroatoms. The number of thioether (sulfide) groups is 1. The topological polar surface area (TPSA) is 56.7 Å². The molecule has 2 heterocycles. The average molecular weight is 352 g/mol. The molecule has 0 saturated heterocycles. The monoisotopic (exact) mass is 352 g/mol. The molecule has 24 heavy (non-hydrogen) atoms. The van der Waals surface area contributed by atoms with Gasteiger partial charge in [-0.2, -0.15) is 13.8 Å². The average Bonchev–Trinajstić information content (AvgIpc) is 3.11. The molecule has 0 saturated carbocycles. The zero-order valence-corrected chi connectivity index (χ0v) is 14.6. The van der Waals surface area contributed by atoms with Crippen molar-refractivity contribution in [2.24, 2.45) is 0 Å². The van der Waals surface area contributed by atoms with Gasteiger partial charge < -0.3 is 4.52 Å². The molecule has 0 aliphatic heterocycles. The molecule has 5 nitrogen and oxygen atoms in total. The fraction of sp³-hybridized carbons (Fsp3) is 0.438. The van der Waals surface area contributed by atoms with Gasteiger partial charge in [-0.3, -0.25) is 4.57 Å². The molecule has 1 aromatic carbocycles. The Balaban J connectivity index is 1.92. The number of hydrogen-bond acceptors (Lipinski definition) is 5. The van der Waals surface area contributed by atoms with Gasteiger partial charge in [-0.05, 0) is 19.1 Å². The molecular weight excluding hydrogens is 334 g/mol. The summed E-state index contributed by atoms with van der Waals surface area (Å²) in [6.45, 7) is 5.11. The number of aromatic nitrogens is 4. The summed E-state index contributed by atoms with van der Waals surface area (Å²) < 4.78 is 33.1. The molecule has 3 rings (SSSR count). The number of alkyl halides is 2. The Bertz CT molecular complexity index is 853. The van der Waals surface area contributed by atoms with E-state index in [1.807, 2.05) is 27.7 Å². The first kappa shape index (κ1) is 16.9. The molecule has 0 fully saturated rings. The minimum atomic E-state index is -2.67. The molecule has 0 aliphatic rings. The van der Waals surface area contributed by atoms with E-state index in [0.717, 1.165) is 4.57 Å². The Labute approximate surface area is 142 Å². The van der Waals surface area contributed by atoms with E-state index >= 15 is 0 Å². The number of halogens is 2. The number of benzene rings is 1. The van der Waals surface area contributed by atoms with Crippen LogP contribution in [0.15, 0.2) is 33.9 Å². The Morgan fingerprint density at radius 1 is 1.17 bits per heavy atom. The number of hydrogen-bond donors (Lipinski definition) is 0. The van der Waals surface area contributed by atoms with Crippen LogP contribution in [-0.2, 0) is 5.41 Å². The van der Waals surface area contributed by atoms with Crippen LogP contribution in [0, 0.1) is 0 Å². The van der Waals surface area contributed by atoms with Gasteiger partial charge in [0, 0.05) is 5.41 Å². The Morgan fingerprint density at radius 3 is 2.50 bits per heavy atom. The standard InChI is InChI=1S/C16H18F2N4OS/c1-9(12-20-13(21-23-12)16(2,3)4)24-15-19-10-7-5-6-8-11(10)22(15)14(17)18/h5-9,14H,1-4H3. The molecule has 2 aromatic heterocycles. The van der Waals surface area contributed by atoms with Crippen LogP contribution >= 0.6 is 11.8 Å². The summed E-state index contributed by atoms with van der Waals surface area (Å²) in [7, 11) is 0. The van der Waals surface area contributed by atoms with Crippen LogP contribution in [-0.4, -0.2) is 19.7 Å². The predicted molar refractivity (Wildman–Crippen MR) is 88.3 cm³/mol. The lowest BCUT2D eigenvalue weighted by Gasteiger charge is -2.11. The van der Waals surface area contributed by atoms with E-state index < -0.39 is 6.55 Å². The van der Waals surface area contributed by atoms with Crippen molar-refractivity contribution in [2.75, 3.05) is 0 Å². The van der Waals surface area contributed by atoms with Crippen LogP contribution in [0.5, 0.6) is 0 Å². The van der Waals surface area contributed by atoms with E-state index in [1.165, 1.54) is 11.8 Å². The van der Waals surface area contributed by atoms with Gasteiger partial charge in [0.2, 0.25) is 5.89 Å². The van der Waals surface area contributed by atoms with Crippen molar-refractivity contribution in [3.63, 3.8) is 0 Å². The molecule has 0 N–H and O–H groups in total. The summed E-state index contributed by atoms with van der Waals surface area (Å²) in [6, 6.07) is 6.84. The van der Waals surface area contributed by atoms with Crippen molar-refractivity contribution in [2.45, 2.75) is 50.1 Å². The molecule has 1 atom stereocenters. The second-order valence-corrected chi connectivity index (χ2v) is 7.81. The molecule has 3 aromatic rings. The molecule has 0 spiro atoms. The second kappa shape index (κ2) is 6.16. The van der Waals surface area contributed by atoms with Crippen LogP contribution in [0.25, 0.3) is 11.0 Å². The second-order valence-electron chi connectivity index (χ2n) is 6.50. The van der Waals surface area contributed by atoms with Gasteiger partial charge in [-0.1, -0.05) is 49.8 Å². The molecule has 0 aliphatic carbocycles. The molecule has 1 unspecified atom stereocenters. The van der Waals surface area contributed by atoms with Gasteiger partial charge in [-0.25, -0.2) is 4.98 Å². The van der Waals surface area contributed by atoms with E-state index in [-0.39, 0.29) is 15.8 Å². The molecule has 0 radical (unpaired) electrons. The van der Waals surface area contributed by atoms with E-state index in [1.54, 1.807) is 24.3 Å². The van der Waals surface area contributed by atoms with Crippen molar-refractivity contribution in [1.82, 2.24) is 19.7 Å². The summed E-state index contributed by atoms with van der Waals surface area (Å²) in [5.41, 5.74) is 0.707. The number of nitrogens with zero attached hydrogens (tertiary/aromatic N) is 4. The van der Waals surface area contributed by atoms with Gasteiger partial charge in [0.05, 0.1) is 16.3 Å². The first-order valence-electron chi connectivity index (χ1n) is 7.53. The largest absolute Gasteiger partial charge is 0.338 e. The van der Waals surface area contributed by atoms with Crippen molar-refractivity contribution in [1.29, 1.82) is 0 Å². The summed E-state index contributed by atoms with van der Waals surface area (Å²) in [5.74, 6) is 0.991. The highest BCUT2D eigenvalue weighted by atomic mass is 32.2. The molecular formula is C16H18F2N4OS. The summed E-state index contributed by atoms with van der Waals surface area (Å²) in [5, 5.41) is 3.92. The lowest BCUT2D eigenvalue weighted by atomic mass is 9.96. The summed E-state index contributed by atoms with van der Waals surface area (Å²) in [6.07, 6.45) is 0. The van der Waals surface area contributed by atoms with E-state index in [9.17, 15) is 8.78 Å². The van der Waals surface area contributed by atoms with Gasteiger partial charge in [-0.15, -0.1) is 0 Å². The Kier molecular flexibility index (Phi) is 4.33. The van der Waals surface area contributed by atoms with Crippen LogP contribution in [0.4, 0.5) is 8.78 Å². The first-order chi connectivity index (χ1) is 11.3. The SMILES string of the molecule is CC(Sc1nc2ccccc2n1C(F)F)c1nc(C(C)(C)C)no1. The predicted octanol–water partition coefficient (Wildman–Crippen LogP) is 4.97. The highest BCUT2D eigenvalue weighted by molar-refractivity contribution is 7.99. The normalized spacial score (nSPS) is 13.8. The highest BCUT2D eigenvalue weighted by Gasteiger charge is 2.26.